The molecule has 0 radical (unpaired) electrons. The minimum absolute atomic E-state index is 0.254. The van der Waals surface area contributed by atoms with Gasteiger partial charge in [0.2, 0.25) is 0 Å². The van der Waals surface area contributed by atoms with Gasteiger partial charge in [-0.1, -0.05) is 70.9 Å². The van der Waals surface area contributed by atoms with Gasteiger partial charge in [0.1, 0.15) is 0 Å². The Balaban J connectivity index is 2.68. The molecule has 0 spiro atoms. The third kappa shape index (κ3) is 5.53. The summed E-state index contributed by atoms with van der Waals surface area (Å²) >= 11 is 0. The molecule has 18 heavy (non-hydrogen) atoms. The van der Waals surface area contributed by atoms with Gasteiger partial charge in [0, 0.05) is 0 Å². The number of rotatable bonds is 5. The van der Waals surface area contributed by atoms with E-state index in [1.54, 1.807) is 0 Å². The molecule has 0 aromatic heterocycles. The van der Waals surface area contributed by atoms with Gasteiger partial charge in [0.05, 0.1) is 0 Å². The number of hydrogen-bond acceptors (Lipinski definition) is 0. The molecule has 0 atom stereocenters. The lowest BCUT2D eigenvalue weighted by Crippen LogP contribution is -2.00. The number of aryl methyl sites for hydroxylation is 1. The Bertz CT molecular complexity index is 373. The smallest absolute Gasteiger partial charge is 0.0197 e. The van der Waals surface area contributed by atoms with E-state index in [1.165, 1.54) is 42.4 Å². The first kappa shape index (κ1) is 15.0. The summed E-state index contributed by atoms with van der Waals surface area (Å²) in [5.74, 6) is 0. The molecule has 0 bridgehead atoms. The van der Waals surface area contributed by atoms with Crippen molar-refractivity contribution in [1.82, 2.24) is 0 Å². The van der Waals surface area contributed by atoms with Crippen LogP contribution in [0.2, 0.25) is 0 Å². The molecule has 0 aliphatic heterocycles. The molecule has 0 nitrogen and oxygen atoms in total. The Morgan fingerprint density at radius 3 is 2.17 bits per heavy atom. The number of unbranched alkanes of at least 4 members (excludes halogenated alkanes) is 2. The topological polar surface area (TPSA) is 0 Å². The van der Waals surface area contributed by atoms with E-state index in [0.29, 0.717) is 0 Å². The van der Waals surface area contributed by atoms with E-state index in [1.807, 2.05) is 0 Å². The van der Waals surface area contributed by atoms with Gasteiger partial charge in [-0.2, -0.15) is 0 Å². The van der Waals surface area contributed by atoms with Crippen LogP contribution in [-0.4, -0.2) is 0 Å². The Morgan fingerprint density at radius 1 is 1.06 bits per heavy atom. The van der Waals surface area contributed by atoms with Crippen molar-refractivity contribution in [1.29, 1.82) is 0 Å². The third-order valence-electron chi connectivity index (χ3n) is 3.13. The molecule has 0 saturated carbocycles. The highest BCUT2D eigenvalue weighted by atomic mass is 14.1. The van der Waals surface area contributed by atoms with E-state index in [4.69, 9.17) is 0 Å². The van der Waals surface area contributed by atoms with Gasteiger partial charge in [0.25, 0.3) is 0 Å². The SMILES string of the molecule is CCCCCc1ccc(/C(C)=C/C(C)(C)C)cc1. The highest BCUT2D eigenvalue weighted by molar-refractivity contribution is 5.64. The van der Waals surface area contributed by atoms with Crippen LogP contribution < -0.4 is 0 Å². The van der Waals surface area contributed by atoms with E-state index in [0.717, 1.165) is 0 Å². The molecule has 1 aromatic rings. The normalized spacial score (nSPS) is 12.8. The van der Waals surface area contributed by atoms with Crippen LogP contribution in [0.3, 0.4) is 0 Å². The molecule has 0 unspecified atom stereocenters. The fourth-order valence-electron chi connectivity index (χ4n) is 2.25. The Hall–Kier alpha value is -1.04. The summed E-state index contributed by atoms with van der Waals surface area (Å²) < 4.78 is 0. The average molecular weight is 244 g/mol. The van der Waals surface area contributed by atoms with Crippen LogP contribution in [0.15, 0.2) is 30.3 Å². The van der Waals surface area contributed by atoms with Gasteiger partial charge in [-0.3, -0.25) is 0 Å². The fourth-order valence-corrected chi connectivity index (χ4v) is 2.25. The van der Waals surface area contributed by atoms with Crippen LogP contribution in [0.4, 0.5) is 0 Å². The Labute approximate surface area is 113 Å². The number of allylic oxidation sites excluding steroid dienone is 2. The lowest BCUT2D eigenvalue weighted by Gasteiger charge is -2.14. The number of benzene rings is 1. The van der Waals surface area contributed by atoms with Gasteiger partial charge >= 0.3 is 0 Å². The van der Waals surface area contributed by atoms with Crippen LogP contribution in [0.1, 0.15) is 65.0 Å². The Kier molecular flexibility index (Phi) is 5.65. The molecule has 0 N–H and O–H groups in total. The van der Waals surface area contributed by atoms with Crippen LogP contribution in [0.5, 0.6) is 0 Å². The van der Waals surface area contributed by atoms with Gasteiger partial charge in [0.15, 0.2) is 0 Å². The minimum atomic E-state index is 0.254. The summed E-state index contributed by atoms with van der Waals surface area (Å²) in [7, 11) is 0. The molecule has 0 heterocycles. The van der Waals surface area contributed by atoms with Gasteiger partial charge in [-0.25, -0.2) is 0 Å². The summed E-state index contributed by atoms with van der Waals surface area (Å²) in [4.78, 5) is 0. The summed E-state index contributed by atoms with van der Waals surface area (Å²) in [6.07, 6.45) is 7.51. The third-order valence-corrected chi connectivity index (χ3v) is 3.13. The van der Waals surface area contributed by atoms with Crippen molar-refractivity contribution < 1.29 is 0 Å². The maximum Gasteiger partial charge on any atom is -0.0197 e. The summed E-state index contributed by atoms with van der Waals surface area (Å²) in [5, 5.41) is 0. The first-order chi connectivity index (χ1) is 8.42. The van der Waals surface area contributed by atoms with E-state index in [-0.39, 0.29) is 5.41 Å². The second-order valence-corrected chi connectivity index (χ2v) is 6.35. The van der Waals surface area contributed by atoms with Crippen molar-refractivity contribution in [2.24, 2.45) is 5.41 Å². The monoisotopic (exact) mass is 244 g/mol. The lowest BCUT2D eigenvalue weighted by molar-refractivity contribution is 0.545. The summed E-state index contributed by atoms with van der Waals surface area (Å²) in [5.41, 5.74) is 4.45. The van der Waals surface area contributed by atoms with Gasteiger partial charge < -0.3 is 0 Å². The maximum atomic E-state index is 2.35. The predicted octanol–water partition coefficient (Wildman–Crippen LogP) is 5.87. The first-order valence-electron chi connectivity index (χ1n) is 7.21. The quantitative estimate of drug-likeness (QED) is 0.568. The van der Waals surface area contributed by atoms with Crippen molar-refractivity contribution in [3.63, 3.8) is 0 Å². The second kappa shape index (κ2) is 6.78. The zero-order valence-electron chi connectivity index (χ0n) is 12.7. The van der Waals surface area contributed by atoms with Crippen molar-refractivity contribution in [3.05, 3.63) is 41.5 Å². The minimum Gasteiger partial charge on any atom is -0.0756 e. The van der Waals surface area contributed by atoms with Crippen molar-refractivity contribution in [2.75, 3.05) is 0 Å². The van der Waals surface area contributed by atoms with Crippen molar-refractivity contribution in [3.8, 4) is 0 Å². The predicted molar refractivity (Wildman–Crippen MR) is 82.8 cm³/mol. The van der Waals surface area contributed by atoms with Gasteiger partial charge in [-0.05, 0) is 41.9 Å². The van der Waals surface area contributed by atoms with E-state index in [9.17, 15) is 0 Å². The molecule has 0 fully saturated rings. The molecule has 0 aliphatic rings. The van der Waals surface area contributed by atoms with Crippen LogP contribution in [-0.2, 0) is 6.42 Å². The largest absolute Gasteiger partial charge is 0.0756 e. The lowest BCUT2D eigenvalue weighted by atomic mass is 9.91. The van der Waals surface area contributed by atoms with Crippen molar-refractivity contribution in [2.45, 2.75) is 60.3 Å². The van der Waals surface area contributed by atoms with E-state index in [2.05, 4.69) is 65.0 Å². The molecule has 0 heteroatoms. The zero-order chi connectivity index (χ0) is 13.6. The van der Waals surface area contributed by atoms with Crippen LogP contribution in [0, 0.1) is 5.41 Å². The number of hydrogen-bond donors (Lipinski definition) is 0. The molecule has 0 aliphatic carbocycles. The molecular formula is C18H28. The fraction of sp³-hybridized carbons (Fsp3) is 0.556. The van der Waals surface area contributed by atoms with E-state index >= 15 is 0 Å². The van der Waals surface area contributed by atoms with Gasteiger partial charge in [-0.15, -0.1) is 0 Å². The van der Waals surface area contributed by atoms with Crippen LogP contribution in [0.25, 0.3) is 5.57 Å². The standard InChI is InChI=1S/C18H28/c1-6-7-8-9-16-10-12-17(13-11-16)15(2)14-18(3,4)5/h10-14H,6-9H2,1-5H3/b15-14+. The van der Waals surface area contributed by atoms with Crippen LogP contribution >= 0.6 is 0 Å². The van der Waals surface area contributed by atoms with E-state index < -0.39 is 0 Å². The molecule has 1 rings (SSSR count). The molecule has 0 amide bonds. The van der Waals surface area contributed by atoms with Crippen molar-refractivity contribution >= 4 is 5.57 Å². The molecule has 1 aromatic carbocycles. The molecule has 0 saturated heterocycles. The zero-order valence-corrected chi connectivity index (χ0v) is 12.7. The first-order valence-corrected chi connectivity index (χ1v) is 7.21. The highest BCUT2D eigenvalue weighted by Gasteiger charge is 2.07. The summed E-state index contributed by atoms with van der Waals surface area (Å²) in [6, 6.07) is 9.09. The maximum absolute atomic E-state index is 2.35. The summed E-state index contributed by atoms with van der Waals surface area (Å²) in [6.45, 7) is 11.2. The Morgan fingerprint density at radius 2 is 1.67 bits per heavy atom. The average Bonchev–Trinajstić information content (AvgIpc) is 2.28. The molecular weight excluding hydrogens is 216 g/mol. The second-order valence-electron chi connectivity index (χ2n) is 6.35. The highest BCUT2D eigenvalue weighted by Crippen LogP contribution is 2.23. The molecule has 100 valence electrons.